The van der Waals surface area contributed by atoms with E-state index in [1.54, 1.807) is 0 Å². The third kappa shape index (κ3) is 4.43. The third-order valence-corrected chi connectivity index (χ3v) is 8.43. The molecule has 0 saturated carbocycles. The molecule has 0 aliphatic carbocycles. The van der Waals surface area contributed by atoms with Crippen LogP contribution in [0.25, 0.3) is 54.6 Å². The van der Waals surface area contributed by atoms with Gasteiger partial charge in [-0.15, -0.1) is 0 Å². The smallest absolute Gasteiger partial charge is 0.0546 e. The monoisotopic (exact) mass is 547 g/mol. The summed E-state index contributed by atoms with van der Waals surface area (Å²) >= 11 is 0. The highest BCUT2D eigenvalue weighted by molar-refractivity contribution is 6.12. The third-order valence-electron chi connectivity index (χ3n) is 8.43. The highest BCUT2D eigenvalue weighted by Crippen LogP contribution is 2.47. The van der Waals surface area contributed by atoms with Gasteiger partial charge in [0.15, 0.2) is 0 Å². The van der Waals surface area contributed by atoms with Crippen LogP contribution in [-0.4, -0.2) is 0 Å². The minimum Gasteiger partial charge on any atom is -0.309 e. The lowest BCUT2D eigenvalue weighted by Crippen LogP contribution is -2.12. The van der Waals surface area contributed by atoms with Crippen molar-refractivity contribution >= 4 is 49.4 Å². The van der Waals surface area contributed by atoms with Crippen molar-refractivity contribution in [3.05, 3.63) is 176 Å². The fourth-order valence-corrected chi connectivity index (χ4v) is 6.44. The van der Waals surface area contributed by atoms with Crippen molar-refractivity contribution in [2.24, 2.45) is 0 Å². The Morgan fingerprint density at radius 1 is 0.326 bits per heavy atom. The van der Waals surface area contributed by atoms with Gasteiger partial charge in [-0.3, -0.25) is 0 Å². The normalized spacial score (nSPS) is 11.3. The summed E-state index contributed by atoms with van der Waals surface area (Å²) in [5, 5.41) is 7.38. The molecule has 0 spiro atoms. The van der Waals surface area contributed by atoms with E-state index in [2.05, 4.69) is 181 Å². The van der Waals surface area contributed by atoms with Crippen molar-refractivity contribution in [3.8, 4) is 22.3 Å². The Bertz CT molecular complexity index is 2240. The van der Waals surface area contributed by atoms with E-state index >= 15 is 0 Å². The van der Waals surface area contributed by atoms with Gasteiger partial charge in [0.2, 0.25) is 0 Å². The van der Waals surface area contributed by atoms with Crippen molar-refractivity contribution in [3.63, 3.8) is 0 Å². The van der Waals surface area contributed by atoms with Crippen LogP contribution >= 0.6 is 0 Å². The van der Waals surface area contributed by atoms with E-state index in [0.717, 1.165) is 17.1 Å². The second kappa shape index (κ2) is 10.6. The van der Waals surface area contributed by atoms with Crippen LogP contribution in [0.2, 0.25) is 0 Å². The number of fused-ring (bicyclic) bond motifs is 3. The van der Waals surface area contributed by atoms with E-state index < -0.39 is 0 Å². The lowest BCUT2D eigenvalue weighted by atomic mass is 9.91. The Morgan fingerprint density at radius 3 is 1.67 bits per heavy atom. The van der Waals surface area contributed by atoms with Crippen LogP contribution in [0.5, 0.6) is 0 Å². The summed E-state index contributed by atoms with van der Waals surface area (Å²) < 4.78 is 0. The Labute approximate surface area is 251 Å². The lowest BCUT2D eigenvalue weighted by Gasteiger charge is -2.30. The maximum atomic E-state index is 2.46. The molecule has 43 heavy (non-hydrogen) atoms. The van der Waals surface area contributed by atoms with E-state index in [0.29, 0.717) is 0 Å². The first kappa shape index (κ1) is 25.1. The van der Waals surface area contributed by atoms with Crippen LogP contribution < -0.4 is 4.90 Å². The molecule has 0 N–H and O–H groups in total. The summed E-state index contributed by atoms with van der Waals surface area (Å²) in [7, 11) is 0. The van der Waals surface area contributed by atoms with E-state index in [4.69, 9.17) is 0 Å². The molecule has 0 heterocycles. The van der Waals surface area contributed by atoms with Gasteiger partial charge in [-0.2, -0.15) is 0 Å². The first-order valence-electron chi connectivity index (χ1n) is 14.8. The molecule has 0 aliphatic rings. The van der Waals surface area contributed by atoms with Gasteiger partial charge in [0, 0.05) is 16.6 Å². The zero-order valence-electron chi connectivity index (χ0n) is 23.7. The summed E-state index contributed by atoms with van der Waals surface area (Å²) in [6, 6.07) is 63.5. The van der Waals surface area contributed by atoms with Gasteiger partial charge in [-0.25, -0.2) is 0 Å². The van der Waals surface area contributed by atoms with Gasteiger partial charge < -0.3 is 4.90 Å². The van der Waals surface area contributed by atoms with Gasteiger partial charge in [-0.05, 0) is 67.9 Å². The summed E-state index contributed by atoms with van der Waals surface area (Å²) in [6.07, 6.45) is 0. The van der Waals surface area contributed by atoms with E-state index in [9.17, 15) is 0 Å². The molecule has 0 radical (unpaired) electrons. The highest BCUT2D eigenvalue weighted by atomic mass is 15.1. The average molecular weight is 548 g/mol. The van der Waals surface area contributed by atoms with Crippen LogP contribution in [0.1, 0.15) is 0 Å². The van der Waals surface area contributed by atoms with Crippen molar-refractivity contribution in [1.82, 2.24) is 0 Å². The van der Waals surface area contributed by atoms with E-state index in [1.165, 1.54) is 54.6 Å². The molecule has 0 atom stereocenters. The molecular formula is C42H29N. The highest BCUT2D eigenvalue weighted by Gasteiger charge is 2.22. The quantitative estimate of drug-likeness (QED) is 0.207. The van der Waals surface area contributed by atoms with Gasteiger partial charge in [0.25, 0.3) is 0 Å². The van der Waals surface area contributed by atoms with Gasteiger partial charge in [0.05, 0.1) is 11.4 Å². The zero-order chi connectivity index (χ0) is 28.6. The molecule has 0 fully saturated rings. The molecule has 0 bridgehead atoms. The molecule has 202 valence electrons. The van der Waals surface area contributed by atoms with Crippen molar-refractivity contribution < 1.29 is 0 Å². The van der Waals surface area contributed by atoms with Crippen LogP contribution in [0.3, 0.4) is 0 Å². The van der Waals surface area contributed by atoms with Crippen LogP contribution in [0.15, 0.2) is 176 Å². The van der Waals surface area contributed by atoms with E-state index in [1.807, 2.05) is 0 Å². The van der Waals surface area contributed by atoms with Crippen LogP contribution in [0, 0.1) is 0 Å². The Hall–Kier alpha value is -5.66. The van der Waals surface area contributed by atoms with Crippen molar-refractivity contribution in [1.29, 1.82) is 0 Å². The SMILES string of the molecule is c1ccc(-c2cccc(N(c3ccc4ccccc4c3-c3cccc4ccccc34)c3cccc4ccccc34)c2)cc1. The molecule has 0 amide bonds. The Balaban J connectivity index is 1.48. The Morgan fingerprint density at radius 2 is 0.884 bits per heavy atom. The van der Waals surface area contributed by atoms with Gasteiger partial charge >= 0.3 is 0 Å². The summed E-state index contributed by atoms with van der Waals surface area (Å²) in [6.45, 7) is 0. The predicted molar refractivity (Wildman–Crippen MR) is 185 cm³/mol. The predicted octanol–water partition coefficient (Wildman–Crippen LogP) is 11.9. The molecular weight excluding hydrogens is 518 g/mol. The lowest BCUT2D eigenvalue weighted by molar-refractivity contribution is 1.30. The number of hydrogen-bond acceptors (Lipinski definition) is 1. The first-order chi connectivity index (χ1) is 21.3. The number of rotatable bonds is 5. The second-order valence-corrected chi connectivity index (χ2v) is 11.0. The van der Waals surface area contributed by atoms with Crippen molar-refractivity contribution in [2.45, 2.75) is 0 Å². The molecule has 0 unspecified atom stereocenters. The second-order valence-electron chi connectivity index (χ2n) is 11.0. The summed E-state index contributed by atoms with van der Waals surface area (Å²) in [5.41, 5.74) is 8.28. The Kier molecular flexibility index (Phi) is 6.20. The average Bonchev–Trinajstić information content (AvgIpc) is 3.09. The summed E-state index contributed by atoms with van der Waals surface area (Å²) in [5.74, 6) is 0. The minimum absolute atomic E-state index is 1.12. The molecule has 1 nitrogen and oxygen atoms in total. The fourth-order valence-electron chi connectivity index (χ4n) is 6.44. The van der Waals surface area contributed by atoms with E-state index in [-0.39, 0.29) is 0 Å². The topological polar surface area (TPSA) is 3.24 Å². The molecule has 1 heteroatoms. The number of nitrogens with zero attached hydrogens (tertiary/aromatic N) is 1. The molecule has 0 saturated heterocycles. The fraction of sp³-hybridized carbons (Fsp3) is 0. The standard InChI is InChI=1S/C42H29N/c1-2-13-30(14-3-1)34-20-10-21-35(29-34)43(40-26-12-19-32-16-5-8-23-37(32)40)41-28-27-33-17-6-9-24-38(33)42(41)39-25-11-18-31-15-4-7-22-36(31)39/h1-29H. The molecule has 8 rings (SSSR count). The molecule has 8 aromatic carbocycles. The largest absolute Gasteiger partial charge is 0.309 e. The number of benzene rings is 8. The molecule has 0 aromatic heterocycles. The van der Waals surface area contributed by atoms with Crippen LogP contribution in [0.4, 0.5) is 17.1 Å². The van der Waals surface area contributed by atoms with Gasteiger partial charge in [0.1, 0.15) is 0 Å². The molecule has 8 aromatic rings. The minimum atomic E-state index is 1.12. The van der Waals surface area contributed by atoms with Crippen LogP contribution in [-0.2, 0) is 0 Å². The summed E-state index contributed by atoms with van der Waals surface area (Å²) in [4.78, 5) is 2.46. The maximum Gasteiger partial charge on any atom is 0.0546 e. The number of anilines is 3. The van der Waals surface area contributed by atoms with Crippen molar-refractivity contribution in [2.75, 3.05) is 4.90 Å². The maximum absolute atomic E-state index is 2.46. The van der Waals surface area contributed by atoms with Gasteiger partial charge in [-0.1, -0.05) is 152 Å². The first-order valence-corrected chi connectivity index (χ1v) is 14.8. The number of hydrogen-bond donors (Lipinski definition) is 0. The molecule has 0 aliphatic heterocycles. The zero-order valence-corrected chi connectivity index (χ0v) is 23.7.